The number of phenolic OH excluding ortho intramolecular Hbond substituents is 1. The molecule has 7 nitrogen and oxygen atoms in total. The summed E-state index contributed by atoms with van der Waals surface area (Å²) in [4.78, 5) is 12.5. The number of nitrogens with one attached hydrogen (secondary N) is 2. The van der Waals surface area contributed by atoms with Crippen LogP contribution in [0.4, 0.5) is 4.79 Å². The highest BCUT2D eigenvalue weighted by Crippen LogP contribution is 2.35. The summed E-state index contributed by atoms with van der Waals surface area (Å²) < 4.78 is 24.3. The minimum Gasteiger partial charge on any atom is -0.507 e. The van der Waals surface area contributed by atoms with E-state index in [4.69, 9.17) is 5.73 Å². The lowest BCUT2D eigenvalue weighted by molar-refractivity contribution is 0.247. The fourth-order valence-corrected chi connectivity index (χ4v) is 2.78. The Morgan fingerprint density at radius 2 is 1.57 bits per heavy atom. The maximum absolute atomic E-state index is 12.1. The molecule has 0 aliphatic carbocycles. The number of phenols is 1. The molecule has 0 unspecified atom stereocenters. The molecule has 0 saturated heterocycles. The number of hydrogen-bond donors (Lipinski definition) is 4. The molecular formula is C13H21N3O4S. The molecule has 0 spiro atoms. The number of sulfonamides is 1. The third-order valence-corrected chi connectivity index (χ3v) is 4.23. The first kappa shape index (κ1) is 17.3. The molecule has 2 amide bonds. The Hall–Kier alpha value is -1.80. The maximum atomic E-state index is 12.1. The van der Waals surface area contributed by atoms with E-state index in [1.54, 1.807) is 0 Å². The first-order valence-corrected chi connectivity index (χ1v) is 7.98. The van der Waals surface area contributed by atoms with E-state index >= 15 is 0 Å². The summed E-state index contributed by atoms with van der Waals surface area (Å²) in [5, 5.41) is 10.2. The highest BCUT2D eigenvalue weighted by atomic mass is 32.2. The standard InChI is InChI=1S/C13H21N3O4S/c1-7(2)10-5-9(6-11(8(3)4)12(10)17)21(19,20)16-15-13(14)18/h5-8,16-17H,1-4H3,(H3,14,15,18). The summed E-state index contributed by atoms with van der Waals surface area (Å²) in [5.74, 6) is -0.00897. The van der Waals surface area contributed by atoms with Gasteiger partial charge in [0.1, 0.15) is 5.75 Å². The monoisotopic (exact) mass is 315 g/mol. The third kappa shape index (κ3) is 4.08. The van der Waals surface area contributed by atoms with Gasteiger partial charge in [0, 0.05) is 0 Å². The third-order valence-electron chi connectivity index (χ3n) is 3.01. The summed E-state index contributed by atoms with van der Waals surface area (Å²) >= 11 is 0. The van der Waals surface area contributed by atoms with Crippen LogP contribution in [0.25, 0.3) is 0 Å². The Balaban J connectivity index is 3.40. The normalized spacial score (nSPS) is 11.9. The zero-order valence-corrected chi connectivity index (χ0v) is 13.3. The van der Waals surface area contributed by atoms with Crippen LogP contribution in [0.2, 0.25) is 0 Å². The number of urea groups is 1. The average Bonchev–Trinajstić information content (AvgIpc) is 2.35. The molecule has 1 aromatic rings. The fourth-order valence-electron chi connectivity index (χ4n) is 1.86. The van der Waals surface area contributed by atoms with Gasteiger partial charge in [-0.1, -0.05) is 27.7 Å². The molecule has 0 aliphatic rings. The SMILES string of the molecule is CC(C)c1cc(S(=O)(=O)NNC(N)=O)cc(C(C)C)c1O. The predicted molar refractivity (Wildman–Crippen MR) is 79.3 cm³/mol. The molecule has 0 aliphatic heterocycles. The second-order valence-electron chi connectivity index (χ2n) is 5.35. The van der Waals surface area contributed by atoms with E-state index in [-0.39, 0.29) is 22.5 Å². The molecule has 8 heteroatoms. The highest BCUT2D eigenvalue weighted by Gasteiger charge is 2.21. The van der Waals surface area contributed by atoms with Crippen molar-refractivity contribution in [2.24, 2.45) is 5.73 Å². The number of hydrazine groups is 1. The van der Waals surface area contributed by atoms with Crippen LogP contribution in [-0.2, 0) is 10.0 Å². The van der Waals surface area contributed by atoms with Gasteiger partial charge in [0.2, 0.25) is 0 Å². The van der Waals surface area contributed by atoms with E-state index in [0.29, 0.717) is 11.1 Å². The van der Waals surface area contributed by atoms with Gasteiger partial charge in [-0.2, -0.15) is 0 Å². The summed E-state index contributed by atoms with van der Waals surface area (Å²) in [5.41, 5.74) is 7.73. The van der Waals surface area contributed by atoms with Crippen molar-refractivity contribution in [3.63, 3.8) is 0 Å². The first-order chi connectivity index (χ1) is 9.56. The number of benzene rings is 1. The molecule has 0 atom stereocenters. The van der Waals surface area contributed by atoms with Gasteiger partial charge in [0.25, 0.3) is 10.0 Å². The lowest BCUT2D eigenvalue weighted by Gasteiger charge is -2.17. The Morgan fingerprint density at radius 3 is 1.90 bits per heavy atom. The van der Waals surface area contributed by atoms with E-state index in [2.05, 4.69) is 0 Å². The molecule has 0 fully saturated rings. The van der Waals surface area contributed by atoms with Crippen molar-refractivity contribution in [1.82, 2.24) is 10.3 Å². The Morgan fingerprint density at radius 1 is 1.14 bits per heavy atom. The number of carbonyl (C=O) groups excluding carboxylic acids is 1. The zero-order chi connectivity index (χ0) is 16.4. The van der Waals surface area contributed by atoms with E-state index in [9.17, 15) is 18.3 Å². The molecule has 21 heavy (non-hydrogen) atoms. The summed E-state index contributed by atoms with van der Waals surface area (Å²) in [6.45, 7) is 7.41. The molecule has 0 aromatic heterocycles. The summed E-state index contributed by atoms with van der Waals surface area (Å²) in [6, 6.07) is 1.76. The second-order valence-corrected chi connectivity index (χ2v) is 7.04. The lowest BCUT2D eigenvalue weighted by Crippen LogP contribution is -2.44. The van der Waals surface area contributed by atoms with Crippen molar-refractivity contribution in [1.29, 1.82) is 0 Å². The van der Waals surface area contributed by atoms with Crippen molar-refractivity contribution in [2.45, 2.75) is 44.4 Å². The van der Waals surface area contributed by atoms with Crippen LogP contribution >= 0.6 is 0 Å². The minimum atomic E-state index is -3.96. The van der Waals surface area contributed by atoms with E-state index < -0.39 is 16.1 Å². The zero-order valence-electron chi connectivity index (χ0n) is 12.5. The van der Waals surface area contributed by atoms with Gasteiger partial charge in [0.05, 0.1) is 4.90 Å². The van der Waals surface area contributed by atoms with Crippen molar-refractivity contribution in [2.75, 3.05) is 0 Å². The molecule has 0 bridgehead atoms. The Kier molecular flexibility index (Phi) is 5.19. The van der Waals surface area contributed by atoms with Crippen LogP contribution in [-0.4, -0.2) is 19.6 Å². The topological polar surface area (TPSA) is 122 Å². The highest BCUT2D eigenvalue weighted by molar-refractivity contribution is 7.89. The van der Waals surface area contributed by atoms with E-state index in [1.165, 1.54) is 12.1 Å². The summed E-state index contributed by atoms with van der Waals surface area (Å²) in [6.07, 6.45) is 0. The van der Waals surface area contributed by atoms with Gasteiger partial charge in [-0.15, -0.1) is 4.83 Å². The van der Waals surface area contributed by atoms with Gasteiger partial charge < -0.3 is 10.8 Å². The second kappa shape index (κ2) is 6.31. The molecule has 0 heterocycles. The van der Waals surface area contributed by atoms with Crippen LogP contribution in [0.3, 0.4) is 0 Å². The van der Waals surface area contributed by atoms with Crippen molar-refractivity contribution in [3.8, 4) is 5.75 Å². The minimum absolute atomic E-state index is 0.0403. The van der Waals surface area contributed by atoms with Gasteiger partial charge in [-0.3, -0.25) is 5.43 Å². The van der Waals surface area contributed by atoms with Gasteiger partial charge in [-0.05, 0) is 35.1 Å². The number of primary amides is 1. The van der Waals surface area contributed by atoms with Crippen molar-refractivity contribution >= 4 is 16.1 Å². The molecule has 118 valence electrons. The van der Waals surface area contributed by atoms with Crippen molar-refractivity contribution < 1.29 is 18.3 Å². The molecule has 5 N–H and O–H groups in total. The van der Waals surface area contributed by atoms with Crippen LogP contribution in [0, 0.1) is 0 Å². The predicted octanol–water partition coefficient (Wildman–Crippen LogP) is 1.50. The molecular weight excluding hydrogens is 294 g/mol. The number of hydrogen-bond acceptors (Lipinski definition) is 4. The lowest BCUT2D eigenvalue weighted by atomic mass is 9.94. The van der Waals surface area contributed by atoms with Crippen LogP contribution in [0.1, 0.15) is 50.7 Å². The molecule has 1 rings (SSSR count). The average molecular weight is 315 g/mol. The van der Waals surface area contributed by atoms with Crippen molar-refractivity contribution in [3.05, 3.63) is 23.3 Å². The first-order valence-electron chi connectivity index (χ1n) is 6.50. The molecule has 0 saturated carbocycles. The van der Waals surface area contributed by atoms with E-state index in [1.807, 2.05) is 38.0 Å². The number of carbonyl (C=O) groups is 1. The number of rotatable bonds is 5. The maximum Gasteiger partial charge on any atom is 0.327 e. The quantitative estimate of drug-likeness (QED) is 0.615. The largest absolute Gasteiger partial charge is 0.507 e. The Labute approximate surface area is 124 Å². The Bertz CT molecular complexity index is 610. The van der Waals surface area contributed by atoms with E-state index in [0.717, 1.165) is 0 Å². The number of nitrogens with two attached hydrogens (primary N) is 1. The molecule has 1 aromatic carbocycles. The van der Waals surface area contributed by atoms with Gasteiger partial charge in [0.15, 0.2) is 0 Å². The number of amides is 2. The van der Waals surface area contributed by atoms with Crippen LogP contribution in [0.5, 0.6) is 5.75 Å². The van der Waals surface area contributed by atoms with Gasteiger partial charge in [-0.25, -0.2) is 13.2 Å². The van der Waals surface area contributed by atoms with Gasteiger partial charge >= 0.3 is 6.03 Å². The molecule has 0 radical (unpaired) electrons. The van der Waals surface area contributed by atoms with Crippen LogP contribution < -0.4 is 16.0 Å². The number of aromatic hydroxyl groups is 1. The fraction of sp³-hybridized carbons (Fsp3) is 0.462. The summed E-state index contributed by atoms with van der Waals surface area (Å²) in [7, 11) is -3.96. The van der Waals surface area contributed by atoms with Crippen LogP contribution in [0.15, 0.2) is 17.0 Å². The smallest absolute Gasteiger partial charge is 0.327 e.